The van der Waals surface area contributed by atoms with E-state index in [1.807, 2.05) is 0 Å². The molecule has 0 bridgehead atoms. The SMILES string of the molecule is COc1c(Cl)cc(C#C[Si](C)(C)C)cc1Cl. The number of hydrogen-bond donors (Lipinski definition) is 0. The first kappa shape index (κ1) is 13.4. The lowest BCUT2D eigenvalue weighted by molar-refractivity contribution is 0.415. The van der Waals surface area contributed by atoms with Gasteiger partial charge in [0.25, 0.3) is 0 Å². The first-order chi connectivity index (χ1) is 7.33. The van der Waals surface area contributed by atoms with Crippen LogP contribution in [0.15, 0.2) is 12.1 Å². The zero-order valence-corrected chi connectivity index (χ0v) is 12.3. The van der Waals surface area contributed by atoms with E-state index in [2.05, 4.69) is 31.1 Å². The van der Waals surface area contributed by atoms with Crippen molar-refractivity contribution in [3.63, 3.8) is 0 Å². The summed E-state index contributed by atoms with van der Waals surface area (Å²) >= 11 is 12.0. The van der Waals surface area contributed by atoms with Gasteiger partial charge in [0, 0.05) is 5.56 Å². The highest BCUT2D eigenvalue weighted by atomic mass is 35.5. The molecule has 0 aliphatic heterocycles. The molecule has 1 aromatic carbocycles. The number of rotatable bonds is 1. The number of hydrogen-bond acceptors (Lipinski definition) is 1. The molecule has 4 heteroatoms. The molecule has 0 fully saturated rings. The lowest BCUT2D eigenvalue weighted by atomic mass is 10.2. The minimum absolute atomic E-state index is 0.495. The van der Waals surface area contributed by atoms with Gasteiger partial charge in [-0.05, 0) is 12.1 Å². The summed E-state index contributed by atoms with van der Waals surface area (Å²) in [6.07, 6.45) is 0. The van der Waals surface area contributed by atoms with Gasteiger partial charge >= 0.3 is 0 Å². The predicted octanol–water partition coefficient (Wildman–Crippen LogP) is 4.23. The van der Waals surface area contributed by atoms with Gasteiger partial charge in [-0.2, -0.15) is 0 Å². The quantitative estimate of drug-likeness (QED) is 0.549. The largest absolute Gasteiger partial charge is 0.494 e. The van der Waals surface area contributed by atoms with E-state index in [-0.39, 0.29) is 0 Å². The molecule has 0 saturated heterocycles. The summed E-state index contributed by atoms with van der Waals surface area (Å²) in [5.74, 6) is 3.61. The molecule has 1 aromatic rings. The van der Waals surface area contributed by atoms with E-state index in [9.17, 15) is 0 Å². The Morgan fingerprint density at radius 1 is 1.12 bits per heavy atom. The van der Waals surface area contributed by atoms with Crippen molar-refractivity contribution in [1.82, 2.24) is 0 Å². The molecular weight excluding hydrogens is 259 g/mol. The Hall–Kier alpha value is -0.623. The van der Waals surface area contributed by atoms with E-state index in [0.29, 0.717) is 15.8 Å². The van der Waals surface area contributed by atoms with Crippen LogP contribution >= 0.6 is 23.2 Å². The summed E-state index contributed by atoms with van der Waals surface area (Å²) in [4.78, 5) is 0. The lowest BCUT2D eigenvalue weighted by Crippen LogP contribution is -2.16. The fourth-order valence-corrected chi connectivity index (χ4v) is 2.25. The molecule has 16 heavy (non-hydrogen) atoms. The molecule has 86 valence electrons. The van der Waals surface area contributed by atoms with Crippen LogP contribution in [-0.4, -0.2) is 15.2 Å². The van der Waals surface area contributed by atoms with Gasteiger partial charge in [0.1, 0.15) is 8.07 Å². The lowest BCUT2D eigenvalue weighted by Gasteiger charge is -2.06. The molecule has 0 atom stereocenters. The summed E-state index contributed by atoms with van der Waals surface area (Å²) in [6, 6.07) is 3.55. The maximum absolute atomic E-state index is 6.02. The highest BCUT2D eigenvalue weighted by Gasteiger charge is 2.09. The fraction of sp³-hybridized carbons (Fsp3) is 0.333. The van der Waals surface area contributed by atoms with Gasteiger partial charge in [-0.1, -0.05) is 48.8 Å². The Morgan fingerprint density at radius 2 is 1.62 bits per heavy atom. The predicted molar refractivity (Wildman–Crippen MR) is 73.2 cm³/mol. The molecule has 0 N–H and O–H groups in total. The molecule has 0 radical (unpaired) electrons. The molecule has 0 amide bonds. The van der Waals surface area contributed by atoms with Crippen molar-refractivity contribution in [2.75, 3.05) is 7.11 Å². The molecule has 1 nitrogen and oxygen atoms in total. The first-order valence-electron chi connectivity index (χ1n) is 4.90. The second-order valence-corrected chi connectivity index (χ2v) is 10.0. The zero-order chi connectivity index (χ0) is 12.3. The summed E-state index contributed by atoms with van der Waals surface area (Å²) in [5.41, 5.74) is 4.09. The average molecular weight is 273 g/mol. The van der Waals surface area contributed by atoms with Crippen molar-refractivity contribution >= 4 is 31.3 Å². The minimum Gasteiger partial charge on any atom is -0.494 e. The maximum Gasteiger partial charge on any atom is 0.156 e. The molecule has 1 rings (SSSR count). The van der Waals surface area contributed by atoms with Crippen molar-refractivity contribution in [3.05, 3.63) is 27.7 Å². The number of benzene rings is 1. The molecule has 0 aliphatic carbocycles. The summed E-state index contributed by atoms with van der Waals surface area (Å²) < 4.78 is 5.07. The van der Waals surface area contributed by atoms with E-state index in [0.717, 1.165) is 5.56 Å². The van der Waals surface area contributed by atoms with E-state index in [4.69, 9.17) is 27.9 Å². The van der Waals surface area contributed by atoms with Crippen LogP contribution < -0.4 is 4.74 Å². The Labute approximate surface area is 108 Å². The topological polar surface area (TPSA) is 9.23 Å². The van der Waals surface area contributed by atoms with Gasteiger partial charge in [-0.3, -0.25) is 0 Å². The Kier molecular flexibility index (Phi) is 4.32. The molecule has 0 spiro atoms. The smallest absolute Gasteiger partial charge is 0.156 e. The minimum atomic E-state index is -1.38. The van der Waals surface area contributed by atoms with Crippen molar-refractivity contribution in [2.24, 2.45) is 0 Å². The van der Waals surface area contributed by atoms with Gasteiger partial charge in [0.05, 0.1) is 17.2 Å². The normalized spacial score (nSPS) is 10.6. The molecular formula is C12H14Cl2OSi. The number of ether oxygens (including phenoxy) is 1. The van der Waals surface area contributed by atoms with Gasteiger partial charge in [-0.15, -0.1) is 5.54 Å². The van der Waals surface area contributed by atoms with E-state index in [1.54, 1.807) is 19.2 Å². The first-order valence-corrected chi connectivity index (χ1v) is 9.15. The number of methoxy groups -OCH3 is 1. The third-order valence-electron chi connectivity index (χ3n) is 1.78. The van der Waals surface area contributed by atoms with E-state index in [1.165, 1.54) is 0 Å². The van der Waals surface area contributed by atoms with Gasteiger partial charge < -0.3 is 4.74 Å². The molecule has 0 saturated carbocycles. The van der Waals surface area contributed by atoms with Gasteiger partial charge in [-0.25, -0.2) is 0 Å². The van der Waals surface area contributed by atoms with Crippen molar-refractivity contribution in [1.29, 1.82) is 0 Å². The van der Waals surface area contributed by atoms with Gasteiger partial charge in [0.2, 0.25) is 0 Å². The van der Waals surface area contributed by atoms with Crippen LogP contribution in [0.25, 0.3) is 0 Å². The highest BCUT2D eigenvalue weighted by molar-refractivity contribution is 6.83. The Morgan fingerprint density at radius 3 is 2.00 bits per heavy atom. The maximum atomic E-state index is 6.02. The van der Waals surface area contributed by atoms with Crippen molar-refractivity contribution in [2.45, 2.75) is 19.6 Å². The summed E-state index contributed by atoms with van der Waals surface area (Å²) in [7, 11) is 0.167. The van der Waals surface area contributed by atoms with E-state index >= 15 is 0 Å². The summed E-state index contributed by atoms with van der Waals surface area (Å²) in [6.45, 7) is 6.56. The van der Waals surface area contributed by atoms with Crippen LogP contribution in [0.1, 0.15) is 5.56 Å². The van der Waals surface area contributed by atoms with Crippen LogP contribution in [0.3, 0.4) is 0 Å². The Bertz CT molecular complexity index is 429. The second-order valence-electron chi connectivity index (χ2n) is 4.47. The second kappa shape index (κ2) is 5.14. The highest BCUT2D eigenvalue weighted by Crippen LogP contribution is 2.33. The third kappa shape index (κ3) is 3.75. The molecule has 0 aromatic heterocycles. The fourth-order valence-electron chi connectivity index (χ4n) is 1.09. The molecule has 0 heterocycles. The standard InChI is InChI=1S/C12H14Cl2OSi/c1-15-12-10(13)7-9(8-11(12)14)5-6-16(2,3)4/h7-8H,1-4H3. The van der Waals surface area contributed by atoms with Crippen molar-refractivity contribution < 1.29 is 4.74 Å². The Balaban J connectivity index is 3.13. The van der Waals surface area contributed by atoms with Crippen LogP contribution in [0.5, 0.6) is 5.75 Å². The number of halogens is 2. The average Bonchev–Trinajstić information content (AvgIpc) is 2.13. The molecule has 0 aliphatic rings. The van der Waals surface area contributed by atoms with Gasteiger partial charge in [0.15, 0.2) is 5.75 Å². The summed E-state index contributed by atoms with van der Waals surface area (Å²) in [5, 5.41) is 0.991. The third-order valence-corrected chi connectivity index (χ3v) is 3.22. The van der Waals surface area contributed by atoms with Crippen LogP contribution in [0.4, 0.5) is 0 Å². The monoisotopic (exact) mass is 272 g/mol. The zero-order valence-electron chi connectivity index (χ0n) is 9.82. The van der Waals surface area contributed by atoms with Crippen LogP contribution in [0, 0.1) is 11.5 Å². The van der Waals surface area contributed by atoms with Crippen LogP contribution in [-0.2, 0) is 0 Å². The van der Waals surface area contributed by atoms with Crippen molar-refractivity contribution in [3.8, 4) is 17.2 Å². The van der Waals surface area contributed by atoms with E-state index < -0.39 is 8.07 Å². The van der Waals surface area contributed by atoms with Crippen LogP contribution in [0.2, 0.25) is 29.7 Å². The molecule has 0 unspecified atom stereocenters.